The second-order valence-corrected chi connectivity index (χ2v) is 2.58. The zero-order valence-electron chi connectivity index (χ0n) is 7.06. The number of pyridine rings is 1. The van der Waals surface area contributed by atoms with E-state index in [-0.39, 0.29) is 31.2 Å². The Morgan fingerprint density at radius 2 is 2.00 bits per heavy atom. The fourth-order valence-corrected chi connectivity index (χ4v) is 1.10. The maximum absolute atomic E-state index is 9.49. The molecule has 5 nitrogen and oxygen atoms in total. The van der Waals surface area contributed by atoms with E-state index < -0.39 is 0 Å². The Hall–Kier alpha value is -1.17. The van der Waals surface area contributed by atoms with Gasteiger partial charge in [-0.2, -0.15) is 0 Å². The van der Waals surface area contributed by atoms with Gasteiger partial charge >= 0.3 is 0 Å². The van der Waals surface area contributed by atoms with Gasteiger partial charge in [-0.25, -0.2) is 0 Å². The summed E-state index contributed by atoms with van der Waals surface area (Å²) in [6.45, 7) is -0.458. The van der Waals surface area contributed by atoms with Crippen molar-refractivity contribution < 1.29 is 15.3 Å². The molecular weight excluding hydrogens is 172 g/mol. The predicted molar refractivity (Wildman–Crippen MR) is 45.6 cm³/mol. The van der Waals surface area contributed by atoms with Gasteiger partial charge in [0, 0.05) is 23.9 Å². The Kier molecular flexibility index (Phi) is 3.18. The maximum Gasteiger partial charge on any atom is 0.144 e. The molecule has 1 rings (SSSR count). The lowest BCUT2D eigenvalue weighted by molar-refractivity contribution is 0.265. The quantitative estimate of drug-likeness (QED) is 0.494. The third-order valence-electron chi connectivity index (χ3n) is 1.85. The Labute approximate surface area is 75.5 Å². The van der Waals surface area contributed by atoms with Crippen molar-refractivity contribution in [2.75, 3.05) is 0 Å². The van der Waals surface area contributed by atoms with Gasteiger partial charge in [-0.3, -0.25) is 4.98 Å². The topological polar surface area (TPSA) is 99.6 Å². The molecule has 0 aromatic carbocycles. The molecule has 0 bridgehead atoms. The average Bonchev–Trinajstić information content (AvgIpc) is 2.17. The fourth-order valence-electron chi connectivity index (χ4n) is 1.10. The number of nitrogens with two attached hydrogens (primary N) is 1. The molecule has 0 radical (unpaired) electrons. The fraction of sp³-hybridized carbons (Fsp3) is 0.375. The molecule has 0 amide bonds. The van der Waals surface area contributed by atoms with Gasteiger partial charge in [0.15, 0.2) is 0 Å². The summed E-state index contributed by atoms with van der Waals surface area (Å²) in [5, 5.41) is 27.1. The highest BCUT2D eigenvalue weighted by Crippen LogP contribution is 2.23. The van der Waals surface area contributed by atoms with Crippen molar-refractivity contribution >= 4 is 0 Å². The number of aliphatic hydroxyl groups is 2. The number of aromatic nitrogens is 1. The molecule has 0 atom stereocenters. The SMILES string of the molecule is NCc1c(CO)cnc(CO)c1O. The molecule has 1 heterocycles. The Bertz CT molecular complexity index is 302. The normalized spacial score (nSPS) is 10.4. The zero-order chi connectivity index (χ0) is 9.84. The number of hydrogen-bond donors (Lipinski definition) is 4. The average molecular weight is 184 g/mol. The monoisotopic (exact) mass is 184 g/mol. The minimum atomic E-state index is -0.343. The zero-order valence-corrected chi connectivity index (χ0v) is 7.06. The van der Waals surface area contributed by atoms with Crippen LogP contribution in [0.3, 0.4) is 0 Å². The number of rotatable bonds is 3. The highest BCUT2D eigenvalue weighted by molar-refractivity contribution is 5.40. The van der Waals surface area contributed by atoms with E-state index in [1.165, 1.54) is 6.20 Å². The van der Waals surface area contributed by atoms with Crippen LogP contribution in [-0.2, 0) is 19.8 Å². The molecule has 0 aliphatic rings. The van der Waals surface area contributed by atoms with Gasteiger partial charge in [0.1, 0.15) is 11.4 Å². The molecule has 13 heavy (non-hydrogen) atoms. The maximum atomic E-state index is 9.49. The van der Waals surface area contributed by atoms with Gasteiger partial charge in [-0.15, -0.1) is 0 Å². The van der Waals surface area contributed by atoms with Crippen LogP contribution in [-0.4, -0.2) is 20.3 Å². The van der Waals surface area contributed by atoms with Crippen LogP contribution in [0.15, 0.2) is 6.20 Å². The Balaban J connectivity index is 3.23. The summed E-state index contributed by atoms with van der Waals surface area (Å²) in [6.07, 6.45) is 1.40. The summed E-state index contributed by atoms with van der Waals surface area (Å²) < 4.78 is 0. The van der Waals surface area contributed by atoms with Crippen LogP contribution < -0.4 is 5.73 Å². The van der Waals surface area contributed by atoms with E-state index in [0.717, 1.165) is 0 Å². The van der Waals surface area contributed by atoms with Crippen LogP contribution in [0.25, 0.3) is 0 Å². The molecule has 0 unspecified atom stereocenters. The van der Waals surface area contributed by atoms with Gasteiger partial charge in [0.2, 0.25) is 0 Å². The lowest BCUT2D eigenvalue weighted by Gasteiger charge is -2.09. The van der Waals surface area contributed by atoms with E-state index >= 15 is 0 Å². The van der Waals surface area contributed by atoms with E-state index in [9.17, 15) is 5.11 Å². The lowest BCUT2D eigenvalue weighted by Crippen LogP contribution is -2.05. The molecule has 0 saturated heterocycles. The smallest absolute Gasteiger partial charge is 0.144 e. The van der Waals surface area contributed by atoms with E-state index in [2.05, 4.69) is 4.98 Å². The molecule has 0 spiro atoms. The number of aromatic hydroxyl groups is 1. The van der Waals surface area contributed by atoms with Crippen LogP contribution in [0.5, 0.6) is 5.75 Å². The van der Waals surface area contributed by atoms with Crippen LogP contribution in [0.4, 0.5) is 0 Å². The highest BCUT2D eigenvalue weighted by Gasteiger charge is 2.11. The molecule has 1 aromatic heterocycles. The summed E-state index contributed by atoms with van der Waals surface area (Å²) in [5.41, 5.74) is 6.46. The molecule has 1 aromatic rings. The standard InChI is InChI=1S/C8H12N2O3/c9-1-6-5(3-11)2-10-7(4-12)8(6)13/h2,11-13H,1,3-4,9H2. The number of hydrogen-bond acceptors (Lipinski definition) is 5. The largest absolute Gasteiger partial charge is 0.506 e. The van der Waals surface area contributed by atoms with Crippen LogP contribution in [0.1, 0.15) is 16.8 Å². The van der Waals surface area contributed by atoms with Crippen molar-refractivity contribution in [1.29, 1.82) is 0 Å². The predicted octanol–water partition coefficient (Wildman–Crippen LogP) is -0.770. The highest BCUT2D eigenvalue weighted by atomic mass is 16.3. The first-order chi connectivity index (χ1) is 6.24. The molecule has 0 saturated carbocycles. The van der Waals surface area contributed by atoms with Crippen molar-refractivity contribution in [1.82, 2.24) is 4.98 Å². The van der Waals surface area contributed by atoms with E-state index in [1.807, 2.05) is 0 Å². The minimum absolute atomic E-state index is 0.108. The van der Waals surface area contributed by atoms with Gasteiger partial charge in [-0.1, -0.05) is 0 Å². The molecule has 0 aliphatic heterocycles. The summed E-state index contributed by atoms with van der Waals surface area (Å²) in [5.74, 6) is -0.128. The third kappa shape index (κ3) is 1.77. The van der Waals surface area contributed by atoms with Crippen LogP contribution >= 0.6 is 0 Å². The molecule has 0 fully saturated rings. The molecular formula is C8H12N2O3. The summed E-state index contributed by atoms with van der Waals surface area (Å²) in [7, 11) is 0. The molecule has 0 aliphatic carbocycles. The second kappa shape index (κ2) is 4.18. The van der Waals surface area contributed by atoms with Crippen molar-refractivity contribution in [3.8, 4) is 5.75 Å². The summed E-state index contributed by atoms with van der Waals surface area (Å²) >= 11 is 0. The lowest BCUT2D eigenvalue weighted by atomic mass is 10.1. The summed E-state index contributed by atoms with van der Waals surface area (Å²) in [6, 6.07) is 0. The van der Waals surface area contributed by atoms with Gasteiger partial charge in [0.25, 0.3) is 0 Å². The first kappa shape index (κ1) is 9.91. The number of nitrogens with zero attached hydrogens (tertiary/aromatic N) is 1. The van der Waals surface area contributed by atoms with E-state index in [0.29, 0.717) is 11.1 Å². The first-order valence-corrected chi connectivity index (χ1v) is 3.85. The van der Waals surface area contributed by atoms with Gasteiger partial charge in [-0.05, 0) is 0 Å². The second-order valence-electron chi connectivity index (χ2n) is 2.58. The molecule has 5 N–H and O–H groups in total. The first-order valence-electron chi connectivity index (χ1n) is 3.85. The van der Waals surface area contributed by atoms with E-state index in [4.69, 9.17) is 15.9 Å². The van der Waals surface area contributed by atoms with E-state index in [1.54, 1.807) is 0 Å². The summed E-state index contributed by atoms with van der Waals surface area (Å²) in [4.78, 5) is 3.76. The third-order valence-corrected chi connectivity index (χ3v) is 1.85. The minimum Gasteiger partial charge on any atom is -0.506 e. The van der Waals surface area contributed by atoms with Crippen molar-refractivity contribution in [3.63, 3.8) is 0 Å². The molecule has 72 valence electrons. The van der Waals surface area contributed by atoms with Crippen molar-refractivity contribution in [2.45, 2.75) is 19.8 Å². The van der Waals surface area contributed by atoms with Crippen molar-refractivity contribution in [2.24, 2.45) is 5.73 Å². The van der Waals surface area contributed by atoms with Crippen LogP contribution in [0, 0.1) is 0 Å². The van der Waals surface area contributed by atoms with Gasteiger partial charge in [0.05, 0.1) is 13.2 Å². The molecule has 5 heteroatoms. The van der Waals surface area contributed by atoms with Crippen molar-refractivity contribution in [3.05, 3.63) is 23.0 Å². The van der Waals surface area contributed by atoms with Crippen LogP contribution in [0.2, 0.25) is 0 Å². The Morgan fingerprint density at radius 3 is 2.46 bits per heavy atom. The Morgan fingerprint density at radius 1 is 1.31 bits per heavy atom. The number of aliphatic hydroxyl groups excluding tert-OH is 2. The van der Waals surface area contributed by atoms with Gasteiger partial charge < -0.3 is 21.1 Å².